The fourth-order valence-corrected chi connectivity index (χ4v) is 5.68. The second-order valence-corrected chi connectivity index (χ2v) is 10.4. The lowest BCUT2D eigenvalue weighted by molar-refractivity contribution is 0.0915. The first-order chi connectivity index (χ1) is 16.1. The van der Waals surface area contributed by atoms with Crippen molar-refractivity contribution < 1.29 is 4.79 Å². The first kappa shape index (κ1) is 24.8. The number of halogens is 2. The maximum absolute atomic E-state index is 12.7. The van der Waals surface area contributed by atoms with Crippen molar-refractivity contribution in [1.29, 1.82) is 5.26 Å². The number of nitrogens with zero attached hydrogens (tertiary/aromatic N) is 2. The number of hydrogen-bond donors (Lipinski definition) is 2. The lowest BCUT2D eigenvalue weighted by Crippen LogP contribution is -2.38. The number of H-pyrrole nitrogens is 1. The van der Waals surface area contributed by atoms with Crippen molar-refractivity contribution in [2.24, 2.45) is 5.92 Å². The van der Waals surface area contributed by atoms with Crippen molar-refractivity contribution >= 4 is 45.1 Å². The zero-order valence-corrected chi connectivity index (χ0v) is 21.6. The second kappa shape index (κ2) is 10.9. The van der Waals surface area contributed by atoms with E-state index in [9.17, 15) is 4.79 Å². The Morgan fingerprint density at radius 2 is 1.94 bits per heavy atom. The van der Waals surface area contributed by atoms with Gasteiger partial charge in [-0.05, 0) is 92.4 Å². The molecule has 0 atom stereocenters. The molecule has 1 aliphatic carbocycles. The fourth-order valence-electron chi connectivity index (χ4n) is 5.32. The molecule has 0 saturated heterocycles. The van der Waals surface area contributed by atoms with E-state index in [0.29, 0.717) is 5.69 Å². The Morgan fingerprint density at radius 3 is 2.74 bits per heavy atom. The first-order valence-electron chi connectivity index (χ1n) is 11.9. The molecule has 0 radical (unpaired) electrons. The van der Waals surface area contributed by atoms with E-state index in [1.165, 1.54) is 30.4 Å². The number of carbonyl (C=O) groups excluding carboxylic acids is 1. The highest BCUT2D eigenvalue weighted by Crippen LogP contribution is 2.29. The van der Waals surface area contributed by atoms with Gasteiger partial charge >= 0.3 is 0 Å². The van der Waals surface area contributed by atoms with Gasteiger partial charge in [0.1, 0.15) is 5.69 Å². The van der Waals surface area contributed by atoms with Crippen LogP contribution in [0.2, 0.25) is 0 Å². The molecular formula is C27H30BrClN4O. The summed E-state index contributed by atoms with van der Waals surface area (Å²) in [6, 6.07) is 16.6. The summed E-state index contributed by atoms with van der Waals surface area (Å²) in [5.41, 5.74) is 5.09. The summed E-state index contributed by atoms with van der Waals surface area (Å²) in [5.74, 6) is 0.739. The predicted octanol–water partition coefficient (Wildman–Crippen LogP) is 5.96. The number of benzene rings is 2. The van der Waals surface area contributed by atoms with Gasteiger partial charge in [-0.2, -0.15) is 5.26 Å². The van der Waals surface area contributed by atoms with Gasteiger partial charge < -0.3 is 10.3 Å². The number of fused-ring (bicyclic) bond motifs is 2. The van der Waals surface area contributed by atoms with Crippen molar-refractivity contribution in [3.8, 4) is 6.07 Å². The van der Waals surface area contributed by atoms with E-state index < -0.39 is 0 Å². The van der Waals surface area contributed by atoms with Crippen molar-refractivity contribution in [3.05, 3.63) is 69.3 Å². The standard InChI is InChI=1S/C27H29BrN4O.ClH/c28-23-6-5-21-14-26(31-25(21)15-23)27(33)30-24-7-2-18(3-8-24)9-11-32-12-10-20-13-19(16-29)1-4-22(20)17-32;/h1,4-6,13-15,18,24,31H,2-3,7-12,17H2,(H,30,33);1H. The highest BCUT2D eigenvalue weighted by molar-refractivity contribution is 9.10. The number of aromatic amines is 1. The van der Waals surface area contributed by atoms with Crippen LogP contribution in [0.1, 0.15) is 59.3 Å². The van der Waals surface area contributed by atoms with Crippen molar-refractivity contribution in [3.63, 3.8) is 0 Å². The van der Waals surface area contributed by atoms with Gasteiger partial charge in [0.2, 0.25) is 0 Å². The molecule has 1 saturated carbocycles. The average Bonchev–Trinajstić information content (AvgIpc) is 3.26. The number of nitriles is 1. The Kier molecular flexibility index (Phi) is 7.98. The fraction of sp³-hybridized carbons (Fsp3) is 0.407. The van der Waals surface area contributed by atoms with E-state index in [4.69, 9.17) is 5.26 Å². The van der Waals surface area contributed by atoms with Gasteiger partial charge in [0.25, 0.3) is 5.91 Å². The molecule has 2 aliphatic rings. The number of carbonyl (C=O) groups is 1. The number of hydrogen-bond acceptors (Lipinski definition) is 3. The molecule has 2 N–H and O–H groups in total. The van der Waals surface area contributed by atoms with E-state index in [0.717, 1.165) is 65.8 Å². The summed E-state index contributed by atoms with van der Waals surface area (Å²) in [6.45, 7) is 3.20. The summed E-state index contributed by atoms with van der Waals surface area (Å²) >= 11 is 3.48. The molecular weight excluding hydrogens is 512 g/mol. The van der Waals surface area contributed by atoms with Crippen LogP contribution in [0.4, 0.5) is 0 Å². The molecule has 178 valence electrons. The average molecular weight is 542 g/mol. The predicted molar refractivity (Wildman–Crippen MR) is 141 cm³/mol. The van der Waals surface area contributed by atoms with Crippen LogP contribution >= 0.6 is 28.3 Å². The third-order valence-corrected chi connectivity index (χ3v) is 7.78. The monoisotopic (exact) mass is 540 g/mol. The molecule has 0 spiro atoms. The molecule has 5 rings (SSSR count). The maximum Gasteiger partial charge on any atom is 0.267 e. The molecule has 3 aromatic rings. The topological polar surface area (TPSA) is 71.9 Å². The van der Waals surface area contributed by atoms with Crippen LogP contribution in [0.25, 0.3) is 10.9 Å². The summed E-state index contributed by atoms with van der Waals surface area (Å²) in [5, 5.41) is 13.4. The van der Waals surface area contributed by atoms with E-state index >= 15 is 0 Å². The van der Waals surface area contributed by atoms with Crippen LogP contribution in [-0.2, 0) is 13.0 Å². The van der Waals surface area contributed by atoms with Crippen molar-refractivity contribution in [1.82, 2.24) is 15.2 Å². The van der Waals surface area contributed by atoms with E-state index in [1.807, 2.05) is 30.3 Å². The number of nitrogens with one attached hydrogen (secondary N) is 2. The minimum Gasteiger partial charge on any atom is -0.350 e. The van der Waals surface area contributed by atoms with Crippen LogP contribution in [-0.4, -0.2) is 34.9 Å². The third kappa shape index (κ3) is 5.66. The number of amides is 1. The Labute approximate surface area is 215 Å². The Hall–Kier alpha value is -2.33. The minimum atomic E-state index is -0.00249. The second-order valence-electron chi connectivity index (χ2n) is 9.52. The van der Waals surface area contributed by atoms with Gasteiger partial charge in [-0.1, -0.05) is 28.1 Å². The van der Waals surface area contributed by atoms with Gasteiger partial charge in [0, 0.05) is 34.5 Å². The molecule has 2 heterocycles. The molecule has 0 bridgehead atoms. The highest BCUT2D eigenvalue weighted by atomic mass is 79.9. The van der Waals surface area contributed by atoms with Gasteiger partial charge in [-0.25, -0.2) is 0 Å². The summed E-state index contributed by atoms with van der Waals surface area (Å²) in [6.07, 6.45) is 6.74. The largest absolute Gasteiger partial charge is 0.350 e. The first-order valence-corrected chi connectivity index (χ1v) is 12.7. The Morgan fingerprint density at radius 1 is 1.12 bits per heavy atom. The molecule has 1 fully saturated rings. The SMILES string of the molecule is Cl.N#Cc1ccc2c(c1)CCN(CCC1CCC(NC(=O)c3cc4ccc(Br)cc4[nH]3)CC1)C2. The summed E-state index contributed by atoms with van der Waals surface area (Å²) in [7, 11) is 0. The Bertz CT molecular complexity index is 1210. The van der Waals surface area contributed by atoms with Gasteiger partial charge in [0.05, 0.1) is 11.6 Å². The summed E-state index contributed by atoms with van der Waals surface area (Å²) in [4.78, 5) is 18.5. The highest BCUT2D eigenvalue weighted by Gasteiger charge is 2.24. The molecule has 1 aromatic heterocycles. The van der Waals surface area contributed by atoms with Crippen LogP contribution in [0, 0.1) is 17.2 Å². The quantitative estimate of drug-likeness (QED) is 0.419. The smallest absolute Gasteiger partial charge is 0.267 e. The molecule has 2 aromatic carbocycles. The minimum absolute atomic E-state index is 0. The zero-order valence-electron chi connectivity index (χ0n) is 19.1. The normalized spacial score (nSPS) is 20.2. The van der Waals surface area contributed by atoms with Crippen LogP contribution < -0.4 is 5.32 Å². The van der Waals surface area contributed by atoms with Crippen molar-refractivity contribution in [2.75, 3.05) is 13.1 Å². The third-order valence-electron chi connectivity index (χ3n) is 7.29. The Balaban J connectivity index is 0.00000274. The van der Waals surface area contributed by atoms with E-state index in [-0.39, 0.29) is 24.4 Å². The number of aromatic nitrogens is 1. The van der Waals surface area contributed by atoms with Crippen molar-refractivity contribution in [2.45, 2.75) is 51.1 Å². The van der Waals surface area contributed by atoms with Gasteiger partial charge in [-0.3, -0.25) is 9.69 Å². The van der Waals surface area contributed by atoms with Crippen LogP contribution in [0.5, 0.6) is 0 Å². The van der Waals surface area contributed by atoms with Gasteiger partial charge in [-0.15, -0.1) is 12.4 Å². The molecule has 1 aliphatic heterocycles. The molecule has 1 amide bonds. The number of rotatable bonds is 5. The molecule has 7 heteroatoms. The van der Waals surface area contributed by atoms with E-state index in [1.54, 1.807) is 0 Å². The van der Waals surface area contributed by atoms with Gasteiger partial charge in [0.15, 0.2) is 0 Å². The molecule has 34 heavy (non-hydrogen) atoms. The zero-order chi connectivity index (χ0) is 22.8. The molecule has 5 nitrogen and oxygen atoms in total. The van der Waals surface area contributed by atoms with Crippen LogP contribution in [0.15, 0.2) is 46.9 Å². The molecule has 0 unspecified atom stereocenters. The summed E-state index contributed by atoms with van der Waals surface area (Å²) < 4.78 is 1.00. The lowest BCUT2D eigenvalue weighted by atomic mass is 9.84. The van der Waals surface area contributed by atoms with Crippen LogP contribution in [0.3, 0.4) is 0 Å². The lowest BCUT2D eigenvalue weighted by Gasteiger charge is -2.33. The maximum atomic E-state index is 12.7. The van der Waals surface area contributed by atoms with E-state index in [2.05, 4.69) is 49.3 Å².